The standard InChI is InChI=1S/C24H30ClFN2O3/c1-17(2)15-27-24(30)18(3)28(16-19-7-4-5-8-22(19)26)23(29)9-6-14-31-21-12-10-20(25)11-13-21/h4-5,7-8,10-13,17-18H,6,9,14-16H2,1-3H3,(H,27,30). The molecule has 0 aromatic heterocycles. The Balaban J connectivity index is 2.00. The summed E-state index contributed by atoms with van der Waals surface area (Å²) in [6, 6.07) is 12.5. The lowest BCUT2D eigenvalue weighted by molar-refractivity contribution is -0.140. The zero-order valence-electron chi connectivity index (χ0n) is 18.2. The number of ether oxygens (including phenoxy) is 1. The van der Waals surface area contributed by atoms with Crippen LogP contribution in [0.25, 0.3) is 0 Å². The fourth-order valence-electron chi connectivity index (χ4n) is 2.93. The number of hydrogen-bond donors (Lipinski definition) is 1. The lowest BCUT2D eigenvalue weighted by atomic mass is 10.1. The SMILES string of the molecule is CC(C)CNC(=O)C(C)N(Cc1ccccc1F)C(=O)CCCOc1ccc(Cl)cc1. The Bertz CT molecular complexity index is 858. The minimum atomic E-state index is -0.719. The van der Waals surface area contributed by atoms with Crippen LogP contribution >= 0.6 is 11.6 Å². The predicted octanol–water partition coefficient (Wildman–Crippen LogP) is 4.83. The average molecular weight is 449 g/mol. The van der Waals surface area contributed by atoms with Gasteiger partial charge in [-0.15, -0.1) is 0 Å². The number of halogens is 2. The number of nitrogens with zero attached hydrogens (tertiary/aromatic N) is 1. The summed E-state index contributed by atoms with van der Waals surface area (Å²) in [7, 11) is 0. The highest BCUT2D eigenvalue weighted by molar-refractivity contribution is 6.30. The largest absolute Gasteiger partial charge is 0.494 e. The summed E-state index contributed by atoms with van der Waals surface area (Å²) in [6.45, 7) is 6.54. The van der Waals surface area contributed by atoms with E-state index < -0.39 is 11.9 Å². The molecule has 1 atom stereocenters. The Morgan fingerprint density at radius 2 is 1.77 bits per heavy atom. The molecule has 0 radical (unpaired) electrons. The maximum absolute atomic E-state index is 14.2. The Kier molecular flexibility index (Phi) is 9.79. The van der Waals surface area contributed by atoms with Crippen LogP contribution in [0.2, 0.25) is 5.02 Å². The average Bonchev–Trinajstić information content (AvgIpc) is 2.75. The molecule has 0 saturated heterocycles. The van der Waals surface area contributed by atoms with Gasteiger partial charge in [-0.25, -0.2) is 4.39 Å². The van der Waals surface area contributed by atoms with Crippen LogP contribution in [0.15, 0.2) is 48.5 Å². The maximum atomic E-state index is 14.2. The number of nitrogens with one attached hydrogen (secondary N) is 1. The summed E-state index contributed by atoms with van der Waals surface area (Å²) in [6.07, 6.45) is 0.652. The van der Waals surface area contributed by atoms with Crippen LogP contribution in [0.3, 0.4) is 0 Å². The Hall–Kier alpha value is -2.60. The summed E-state index contributed by atoms with van der Waals surface area (Å²) in [5, 5.41) is 3.47. The van der Waals surface area contributed by atoms with Crippen molar-refractivity contribution in [3.8, 4) is 5.75 Å². The van der Waals surface area contributed by atoms with E-state index in [9.17, 15) is 14.0 Å². The van der Waals surface area contributed by atoms with Crippen molar-refractivity contribution in [1.29, 1.82) is 0 Å². The molecule has 0 spiro atoms. The molecule has 0 fully saturated rings. The number of carbonyl (C=O) groups is 2. The number of amides is 2. The monoisotopic (exact) mass is 448 g/mol. The smallest absolute Gasteiger partial charge is 0.242 e. The second-order valence-electron chi connectivity index (χ2n) is 7.83. The maximum Gasteiger partial charge on any atom is 0.242 e. The number of carbonyl (C=O) groups excluding carboxylic acids is 2. The van der Waals surface area contributed by atoms with Crippen molar-refractivity contribution in [2.24, 2.45) is 5.92 Å². The van der Waals surface area contributed by atoms with E-state index in [0.717, 1.165) is 0 Å². The molecule has 0 saturated carbocycles. The van der Waals surface area contributed by atoms with E-state index >= 15 is 0 Å². The minimum Gasteiger partial charge on any atom is -0.494 e. The fraction of sp³-hybridized carbons (Fsp3) is 0.417. The Morgan fingerprint density at radius 3 is 2.42 bits per heavy atom. The molecular formula is C24H30ClFN2O3. The normalized spacial score (nSPS) is 11.8. The van der Waals surface area contributed by atoms with Gasteiger partial charge in [-0.05, 0) is 49.6 Å². The third kappa shape index (κ3) is 8.21. The van der Waals surface area contributed by atoms with Gasteiger partial charge in [-0.2, -0.15) is 0 Å². The molecule has 168 valence electrons. The van der Waals surface area contributed by atoms with Gasteiger partial charge in [0.1, 0.15) is 17.6 Å². The van der Waals surface area contributed by atoms with Gasteiger partial charge in [0.25, 0.3) is 0 Å². The molecule has 2 amide bonds. The van der Waals surface area contributed by atoms with Gasteiger partial charge in [0, 0.05) is 30.1 Å². The van der Waals surface area contributed by atoms with Gasteiger partial charge in [0.15, 0.2) is 0 Å². The zero-order chi connectivity index (χ0) is 22.8. The van der Waals surface area contributed by atoms with Crippen LogP contribution < -0.4 is 10.1 Å². The summed E-state index contributed by atoms with van der Waals surface area (Å²) >= 11 is 5.86. The summed E-state index contributed by atoms with van der Waals surface area (Å²) < 4.78 is 19.8. The molecule has 0 aliphatic carbocycles. The van der Waals surface area contributed by atoms with E-state index in [1.54, 1.807) is 49.4 Å². The number of benzene rings is 2. The summed E-state index contributed by atoms with van der Waals surface area (Å²) in [5.74, 6) is 0.0745. The Morgan fingerprint density at radius 1 is 1.10 bits per heavy atom. The third-order valence-corrected chi connectivity index (χ3v) is 5.02. The topological polar surface area (TPSA) is 58.6 Å². The number of rotatable bonds is 11. The zero-order valence-corrected chi connectivity index (χ0v) is 19.0. The van der Waals surface area contributed by atoms with Crippen LogP contribution in [0.5, 0.6) is 5.75 Å². The van der Waals surface area contributed by atoms with Crippen LogP contribution in [0.1, 0.15) is 39.2 Å². The second-order valence-corrected chi connectivity index (χ2v) is 8.27. The van der Waals surface area contributed by atoms with E-state index in [1.165, 1.54) is 11.0 Å². The van der Waals surface area contributed by atoms with Gasteiger partial charge in [0.2, 0.25) is 11.8 Å². The van der Waals surface area contributed by atoms with Crippen molar-refractivity contribution < 1.29 is 18.7 Å². The van der Waals surface area contributed by atoms with Crippen molar-refractivity contribution >= 4 is 23.4 Å². The molecule has 1 N–H and O–H groups in total. The predicted molar refractivity (Wildman–Crippen MR) is 120 cm³/mol. The van der Waals surface area contributed by atoms with E-state index in [-0.39, 0.29) is 30.7 Å². The molecular weight excluding hydrogens is 419 g/mol. The molecule has 2 aromatic rings. The molecule has 5 nitrogen and oxygen atoms in total. The third-order valence-electron chi connectivity index (χ3n) is 4.77. The van der Waals surface area contributed by atoms with Gasteiger partial charge in [-0.3, -0.25) is 9.59 Å². The van der Waals surface area contributed by atoms with Crippen LogP contribution in [0.4, 0.5) is 4.39 Å². The first-order chi connectivity index (χ1) is 14.8. The van der Waals surface area contributed by atoms with Crippen LogP contribution in [-0.2, 0) is 16.1 Å². The van der Waals surface area contributed by atoms with Crippen molar-refractivity contribution in [2.75, 3.05) is 13.2 Å². The second kappa shape index (κ2) is 12.3. The summed E-state index contributed by atoms with van der Waals surface area (Å²) in [5.41, 5.74) is 0.372. The molecule has 7 heteroatoms. The van der Waals surface area contributed by atoms with Crippen molar-refractivity contribution in [2.45, 2.75) is 46.2 Å². The van der Waals surface area contributed by atoms with E-state index in [2.05, 4.69) is 5.32 Å². The van der Waals surface area contributed by atoms with Crippen LogP contribution in [0, 0.1) is 11.7 Å². The first-order valence-electron chi connectivity index (χ1n) is 10.5. The molecule has 0 aliphatic rings. The fourth-order valence-corrected chi connectivity index (χ4v) is 3.06. The molecule has 31 heavy (non-hydrogen) atoms. The van der Waals surface area contributed by atoms with Crippen molar-refractivity contribution in [1.82, 2.24) is 10.2 Å². The molecule has 0 aliphatic heterocycles. The molecule has 0 heterocycles. The quantitative estimate of drug-likeness (QED) is 0.501. The van der Waals surface area contributed by atoms with E-state index in [0.29, 0.717) is 35.9 Å². The van der Waals surface area contributed by atoms with Gasteiger partial charge < -0.3 is 15.0 Å². The van der Waals surface area contributed by atoms with Crippen molar-refractivity contribution in [3.05, 3.63) is 64.9 Å². The molecule has 0 bridgehead atoms. The first kappa shape index (κ1) is 24.7. The van der Waals surface area contributed by atoms with E-state index in [1.807, 2.05) is 13.8 Å². The minimum absolute atomic E-state index is 0.0276. The van der Waals surface area contributed by atoms with Gasteiger partial charge in [-0.1, -0.05) is 43.6 Å². The lowest BCUT2D eigenvalue weighted by Gasteiger charge is -2.29. The summed E-state index contributed by atoms with van der Waals surface area (Å²) in [4.78, 5) is 27.0. The van der Waals surface area contributed by atoms with Crippen molar-refractivity contribution in [3.63, 3.8) is 0 Å². The molecule has 1 unspecified atom stereocenters. The van der Waals surface area contributed by atoms with E-state index in [4.69, 9.17) is 16.3 Å². The van der Waals surface area contributed by atoms with Crippen LogP contribution in [-0.4, -0.2) is 35.9 Å². The lowest BCUT2D eigenvalue weighted by Crippen LogP contribution is -2.48. The Labute approximate surface area is 188 Å². The number of hydrogen-bond acceptors (Lipinski definition) is 3. The van der Waals surface area contributed by atoms with Gasteiger partial charge in [0.05, 0.1) is 6.61 Å². The molecule has 2 aromatic carbocycles. The van der Waals surface area contributed by atoms with Gasteiger partial charge >= 0.3 is 0 Å². The highest BCUT2D eigenvalue weighted by atomic mass is 35.5. The highest BCUT2D eigenvalue weighted by Crippen LogP contribution is 2.17. The highest BCUT2D eigenvalue weighted by Gasteiger charge is 2.26. The molecule has 2 rings (SSSR count). The first-order valence-corrected chi connectivity index (χ1v) is 10.8.